The zero-order valence-electron chi connectivity index (χ0n) is 12.1. The van der Waals surface area contributed by atoms with Gasteiger partial charge < -0.3 is 21.3 Å². The zero-order chi connectivity index (χ0) is 15.1. The lowest BCUT2D eigenvalue weighted by Crippen LogP contribution is -2.28. The molecule has 110 valence electrons. The van der Waals surface area contributed by atoms with Crippen molar-refractivity contribution in [2.45, 2.75) is 19.4 Å². The van der Waals surface area contributed by atoms with E-state index in [2.05, 4.69) is 10.6 Å². The van der Waals surface area contributed by atoms with Crippen molar-refractivity contribution in [2.24, 2.45) is 5.73 Å². The Labute approximate surface area is 119 Å². The van der Waals surface area contributed by atoms with Gasteiger partial charge in [-0.15, -0.1) is 0 Å². The highest BCUT2D eigenvalue weighted by Gasteiger charge is 2.07. The molecule has 0 heterocycles. The number of hydrogen-bond donors (Lipinski definition) is 3. The summed E-state index contributed by atoms with van der Waals surface area (Å²) in [5.74, 6) is 0.103. The van der Waals surface area contributed by atoms with Crippen LogP contribution in [0.2, 0.25) is 0 Å². The van der Waals surface area contributed by atoms with Gasteiger partial charge in [-0.1, -0.05) is 12.1 Å². The first-order valence-electron chi connectivity index (χ1n) is 6.50. The Morgan fingerprint density at radius 2 is 1.85 bits per heavy atom. The lowest BCUT2D eigenvalue weighted by Gasteiger charge is -2.16. The van der Waals surface area contributed by atoms with Crippen molar-refractivity contribution >= 4 is 17.6 Å². The molecule has 4 N–H and O–H groups in total. The summed E-state index contributed by atoms with van der Waals surface area (Å²) in [6.45, 7) is 2.65. The highest BCUT2D eigenvalue weighted by atomic mass is 16.2. The van der Waals surface area contributed by atoms with Crippen LogP contribution in [0.5, 0.6) is 0 Å². The summed E-state index contributed by atoms with van der Waals surface area (Å²) in [7, 11) is 3.49. The molecule has 0 spiro atoms. The van der Waals surface area contributed by atoms with E-state index in [1.54, 1.807) is 31.1 Å². The predicted molar refractivity (Wildman–Crippen MR) is 79.4 cm³/mol. The van der Waals surface area contributed by atoms with Gasteiger partial charge in [0.25, 0.3) is 0 Å². The fraction of sp³-hybridized carbons (Fsp3) is 0.429. The largest absolute Gasteiger partial charge is 0.351 e. The Kier molecular flexibility index (Phi) is 5.99. The van der Waals surface area contributed by atoms with Crippen molar-refractivity contribution in [3.8, 4) is 0 Å². The SMILES string of the molecule is CC(NCCC(=O)N(C)C)c1ccc(NC(N)=O)cc1. The molecule has 0 aromatic heterocycles. The molecule has 0 aliphatic carbocycles. The third kappa shape index (κ3) is 5.27. The van der Waals surface area contributed by atoms with Gasteiger partial charge in [-0.2, -0.15) is 0 Å². The maximum atomic E-state index is 11.4. The molecule has 3 amide bonds. The van der Waals surface area contributed by atoms with Gasteiger partial charge in [-0.3, -0.25) is 4.79 Å². The molecular weight excluding hydrogens is 256 g/mol. The van der Waals surface area contributed by atoms with Crippen LogP contribution in [0.25, 0.3) is 0 Å². The second-order valence-electron chi connectivity index (χ2n) is 4.83. The summed E-state index contributed by atoms with van der Waals surface area (Å²) in [4.78, 5) is 23.7. The van der Waals surface area contributed by atoms with Gasteiger partial charge in [0.1, 0.15) is 0 Å². The Balaban J connectivity index is 2.45. The summed E-state index contributed by atoms with van der Waals surface area (Å²) in [6.07, 6.45) is 0.471. The standard InChI is InChI=1S/C14H22N4O2/c1-10(16-9-8-13(19)18(2)3)11-4-6-12(7-5-11)17-14(15)20/h4-7,10,16H,8-9H2,1-3H3,(H3,15,17,20). The molecule has 1 aromatic rings. The van der Waals surface area contributed by atoms with Crippen LogP contribution in [-0.4, -0.2) is 37.5 Å². The zero-order valence-corrected chi connectivity index (χ0v) is 12.1. The van der Waals surface area contributed by atoms with Crippen molar-refractivity contribution < 1.29 is 9.59 Å². The quantitative estimate of drug-likeness (QED) is 0.733. The molecule has 0 bridgehead atoms. The fourth-order valence-electron chi connectivity index (χ4n) is 1.73. The van der Waals surface area contributed by atoms with Gasteiger partial charge in [-0.05, 0) is 24.6 Å². The molecule has 0 aliphatic rings. The van der Waals surface area contributed by atoms with Crippen LogP contribution < -0.4 is 16.4 Å². The Bertz CT molecular complexity index is 457. The van der Waals surface area contributed by atoms with Crippen molar-refractivity contribution in [2.75, 3.05) is 26.0 Å². The Hall–Kier alpha value is -2.08. The first-order chi connectivity index (χ1) is 9.40. The summed E-state index contributed by atoms with van der Waals surface area (Å²) in [5, 5.41) is 5.80. The van der Waals surface area contributed by atoms with Crippen molar-refractivity contribution in [3.05, 3.63) is 29.8 Å². The van der Waals surface area contributed by atoms with E-state index < -0.39 is 6.03 Å². The monoisotopic (exact) mass is 278 g/mol. The third-order valence-corrected chi connectivity index (χ3v) is 2.97. The molecule has 6 nitrogen and oxygen atoms in total. The molecule has 1 aromatic carbocycles. The van der Waals surface area contributed by atoms with E-state index in [-0.39, 0.29) is 11.9 Å². The van der Waals surface area contributed by atoms with E-state index in [4.69, 9.17) is 5.73 Å². The number of nitrogens with zero attached hydrogens (tertiary/aromatic N) is 1. The number of carbonyl (C=O) groups excluding carboxylic acids is 2. The second-order valence-corrected chi connectivity index (χ2v) is 4.83. The molecule has 20 heavy (non-hydrogen) atoms. The van der Waals surface area contributed by atoms with Crippen LogP contribution in [0.15, 0.2) is 24.3 Å². The summed E-state index contributed by atoms with van der Waals surface area (Å²) in [6, 6.07) is 6.97. The number of carbonyl (C=O) groups is 2. The molecule has 0 aliphatic heterocycles. The maximum Gasteiger partial charge on any atom is 0.316 e. The van der Waals surface area contributed by atoms with Crippen molar-refractivity contribution in [3.63, 3.8) is 0 Å². The molecular formula is C14H22N4O2. The van der Waals surface area contributed by atoms with E-state index in [0.717, 1.165) is 5.56 Å². The lowest BCUT2D eigenvalue weighted by molar-refractivity contribution is -0.128. The number of amides is 3. The van der Waals surface area contributed by atoms with Crippen LogP contribution in [0.3, 0.4) is 0 Å². The highest BCUT2D eigenvalue weighted by molar-refractivity contribution is 5.87. The topological polar surface area (TPSA) is 87.5 Å². The predicted octanol–water partition coefficient (Wildman–Crippen LogP) is 1.31. The maximum absolute atomic E-state index is 11.4. The molecule has 1 atom stereocenters. The number of nitrogens with one attached hydrogen (secondary N) is 2. The van der Waals surface area contributed by atoms with E-state index in [0.29, 0.717) is 18.7 Å². The first-order valence-corrected chi connectivity index (χ1v) is 6.50. The number of nitrogens with two attached hydrogens (primary N) is 1. The molecule has 0 saturated heterocycles. The molecule has 6 heteroatoms. The minimum absolute atomic E-state index is 0.103. The highest BCUT2D eigenvalue weighted by Crippen LogP contribution is 2.15. The van der Waals surface area contributed by atoms with Crippen LogP contribution in [-0.2, 0) is 4.79 Å². The number of hydrogen-bond acceptors (Lipinski definition) is 3. The number of primary amides is 1. The average molecular weight is 278 g/mol. The summed E-state index contributed by atoms with van der Waals surface area (Å²) >= 11 is 0. The fourth-order valence-corrected chi connectivity index (χ4v) is 1.73. The molecule has 0 saturated carbocycles. The minimum Gasteiger partial charge on any atom is -0.351 e. The van der Waals surface area contributed by atoms with E-state index in [1.807, 2.05) is 19.1 Å². The first kappa shape index (κ1) is 16.0. The van der Waals surface area contributed by atoms with Gasteiger partial charge in [0, 0.05) is 38.8 Å². The van der Waals surface area contributed by atoms with E-state index in [1.165, 1.54) is 0 Å². The van der Waals surface area contributed by atoms with Crippen LogP contribution in [0.1, 0.15) is 24.9 Å². The van der Waals surface area contributed by atoms with Gasteiger partial charge >= 0.3 is 6.03 Å². The molecule has 0 radical (unpaired) electrons. The second kappa shape index (κ2) is 7.49. The number of urea groups is 1. The van der Waals surface area contributed by atoms with E-state index in [9.17, 15) is 9.59 Å². The van der Waals surface area contributed by atoms with Crippen molar-refractivity contribution in [1.29, 1.82) is 0 Å². The Morgan fingerprint density at radius 1 is 1.25 bits per heavy atom. The number of anilines is 1. The Morgan fingerprint density at radius 3 is 2.35 bits per heavy atom. The van der Waals surface area contributed by atoms with Crippen molar-refractivity contribution in [1.82, 2.24) is 10.2 Å². The van der Waals surface area contributed by atoms with Crippen LogP contribution >= 0.6 is 0 Å². The normalized spacial score (nSPS) is 11.8. The summed E-state index contributed by atoms with van der Waals surface area (Å²) in [5.41, 5.74) is 6.79. The van der Waals surface area contributed by atoms with Crippen LogP contribution in [0.4, 0.5) is 10.5 Å². The molecule has 0 fully saturated rings. The summed E-state index contributed by atoms with van der Waals surface area (Å²) < 4.78 is 0. The number of rotatable bonds is 6. The smallest absolute Gasteiger partial charge is 0.316 e. The van der Waals surface area contributed by atoms with Gasteiger partial charge in [-0.25, -0.2) is 4.79 Å². The number of benzene rings is 1. The third-order valence-electron chi connectivity index (χ3n) is 2.97. The van der Waals surface area contributed by atoms with Gasteiger partial charge in [0.15, 0.2) is 0 Å². The minimum atomic E-state index is -0.578. The molecule has 1 rings (SSSR count). The van der Waals surface area contributed by atoms with Crippen LogP contribution in [0, 0.1) is 0 Å². The lowest BCUT2D eigenvalue weighted by atomic mass is 10.1. The van der Waals surface area contributed by atoms with E-state index >= 15 is 0 Å². The van der Waals surface area contributed by atoms with Gasteiger partial charge in [0.2, 0.25) is 5.91 Å². The average Bonchev–Trinajstić information content (AvgIpc) is 2.38. The van der Waals surface area contributed by atoms with Gasteiger partial charge in [0.05, 0.1) is 0 Å². The molecule has 1 unspecified atom stereocenters.